The zero-order valence-electron chi connectivity index (χ0n) is 15.9. The van der Waals surface area contributed by atoms with Crippen LogP contribution in [0.2, 0.25) is 5.02 Å². The Morgan fingerprint density at radius 3 is 2.67 bits per heavy atom. The van der Waals surface area contributed by atoms with E-state index < -0.39 is 0 Å². The van der Waals surface area contributed by atoms with Crippen LogP contribution >= 0.6 is 24.2 Å². The number of rotatable bonds is 5. The lowest BCUT2D eigenvalue weighted by Crippen LogP contribution is -2.23. The number of carbonyl (C=O) groups excluding carboxylic acids is 2. The summed E-state index contributed by atoms with van der Waals surface area (Å²) in [6, 6.07) is 17.7. The van der Waals surface area contributed by atoms with Crippen LogP contribution in [0.3, 0.4) is 0 Å². The summed E-state index contributed by atoms with van der Waals surface area (Å²) in [4.78, 5) is 27.9. The molecule has 0 saturated carbocycles. The molecule has 30 heavy (non-hydrogen) atoms. The summed E-state index contributed by atoms with van der Waals surface area (Å²) in [5.41, 5.74) is 4.04. The number of nitrogens with zero attached hydrogens (tertiary/aromatic N) is 1. The quantitative estimate of drug-likeness (QED) is 0.512. The highest BCUT2D eigenvalue weighted by Gasteiger charge is 2.30. The van der Waals surface area contributed by atoms with Gasteiger partial charge in [0.2, 0.25) is 0 Å². The number of aliphatic hydroxyl groups is 1. The van der Waals surface area contributed by atoms with Gasteiger partial charge in [-0.25, -0.2) is 0 Å². The number of amides is 2. The summed E-state index contributed by atoms with van der Waals surface area (Å²) in [5, 5.41) is 12.7. The molecule has 0 bridgehead atoms. The highest BCUT2D eigenvalue weighted by Crippen LogP contribution is 2.31. The van der Waals surface area contributed by atoms with Gasteiger partial charge in [0, 0.05) is 39.8 Å². The van der Waals surface area contributed by atoms with E-state index in [2.05, 4.69) is 17.9 Å². The molecular formula is C23H19ClN2O3S. The summed E-state index contributed by atoms with van der Waals surface area (Å²) in [6.07, 6.45) is 0. The average molecular weight is 439 g/mol. The number of fused-ring (bicyclic) bond motifs is 1. The van der Waals surface area contributed by atoms with Gasteiger partial charge in [-0.2, -0.15) is 0 Å². The van der Waals surface area contributed by atoms with Gasteiger partial charge in [0.25, 0.3) is 11.8 Å². The van der Waals surface area contributed by atoms with Gasteiger partial charge in [0.05, 0.1) is 12.2 Å². The van der Waals surface area contributed by atoms with Crippen molar-refractivity contribution >= 4 is 41.7 Å². The van der Waals surface area contributed by atoms with Crippen molar-refractivity contribution in [2.75, 3.05) is 5.32 Å². The molecule has 152 valence electrons. The summed E-state index contributed by atoms with van der Waals surface area (Å²) in [7, 11) is 0. The van der Waals surface area contributed by atoms with Gasteiger partial charge in [0.1, 0.15) is 0 Å². The zero-order chi connectivity index (χ0) is 21.3. The van der Waals surface area contributed by atoms with Crippen molar-refractivity contribution in [1.29, 1.82) is 0 Å². The van der Waals surface area contributed by atoms with Crippen molar-refractivity contribution in [1.82, 2.24) is 4.90 Å². The molecule has 7 heteroatoms. The molecule has 2 amide bonds. The van der Waals surface area contributed by atoms with Gasteiger partial charge >= 0.3 is 0 Å². The van der Waals surface area contributed by atoms with E-state index in [-0.39, 0.29) is 18.4 Å². The lowest BCUT2D eigenvalue weighted by Gasteiger charge is -2.16. The van der Waals surface area contributed by atoms with Crippen LogP contribution in [0.1, 0.15) is 37.4 Å². The maximum atomic E-state index is 12.9. The van der Waals surface area contributed by atoms with E-state index >= 15 is 0 Å². The molecule has 1 aliphatic heterocycles. The monoisotopic (exact) mass is 438 g/mol. The molecule has 0 aromatic heterocycles. The van der Waals surface area contributed by atoms with Crippen LogP contribution in [0.4, 0.5) is 5.69 Å². The molecule has 4 rings (SSSR count). The lowest BCUT2D eigenvalue weighted by molar-refractivity contribution is 0.0766. The van der Waals surface area contributed by atoms with Crippen LogP contribution in [0.25, 0.3) is 0 Å². The van der Waals surface area contributed by atoms with E-state index in [1.165, 1.54) is 0 Å². The van der Waals surface area contributed by atoms with Gasteiger partial charge in [0.15, 0.2) is 0 Å². The van der Waals surface area contributed by atoms with E-state index in [0.29, 0.717) is 39.8 Å². The molecule has 5 nitrogen and oxygen atoms in total. The molecular weight excluding hydrogens is 420 g/mol. The van der Waals surface area contributed by atoms with Crippen LogP contribution < -0.4 is 5.32 Å². The smallest absolute Gasteiger partial charge is 0.256 e. The number of carbonyl (C=O) groups is 2. The fraction of sp³-hybridized carbons (Fsp3) is 0.130. The van der Waals surface area contributed by atoms with E-state index in [0.717, 1.165) is 16.7 Å². The molecule has 0 atom stereocenters. The van der Waals surface area contributed by atoms with Gasteiger partial charge in [-0.1, -0.05) is 41.9 Å². The summed E-state index contributed by atoms with van der Waals surface area (Å²) < 4.78 is 0. The minimum absolute atomic E-state index is 0.0468. The van der Waals surface area contributed by atoms with E-state index in [9.17, 15) is 14.7 Å². The molecule has 0 unspecified atom stereocenters. The third-order valence-electron chi connectivity index (χ3n) is 5.04. The second kappa shape index (κ2) is 8.52. The Hall–Kier alpha value is -2.80. The van der Waals surface area contributed by atoms with Crippen LogP contribution in [0.15, 0.2) is 65.6 Å². The molecule has 0 radical (unpaired) electrons. The second-order valence-electron chi connectivity index (χ2n) is 7.09. The van der Waals surface area contributed by atoms with Crippen molar-refractivity contribution in [2.24, 2.45) is 0 Å². The fourth-order valence-corrected chi connectivity index (χ4v) is 3.97. The number of halogens is 1. The van der Waals surface area contributed by atoms with Crippen LogP contribution in [-0.4, -0.2) is 21.8 Å². The van der Waals surface area contributed by atoms with Crippen molar-refractivity contribution in [3.05, 3.63) is 93.5 Å². The van der Waals surface area contributed by atoms with E-state index in [4.69, 9.17) is 11.6 Å². The Kier molecular flexibility index (Phi) is 5.81. The molecule has 0 saturated heterocycles. The summed E-state index contributed by atoms with van der Waals surface area (Å²) in [6.45, 7) is 0.760. The average Bonchev–Trinajstić information content (AvgIpc) is 3.06. The lowest BCUT2D eigenvalue weighted by atomic mass is 10.1. The number of benzene rings is 3. The largest absolute Gasteiger partial charge is 0.392 e. The Balaban J connectivity index is 1.57. The molecule has 1 aliphatic rings. The van der Waals surface area contributed by atoms with Crippen molar-refractivity contribution < 1.29 is 14.7 Å². The highest BCUT2D eigenvalue weighted by molar-refractivity contribution is 7.80. The van der Waals surface area contributed by atoms with Crippen LogP contribution in [-0.2, 0) is 19.7 Å². The SMILES string of the molecule is O=C(Nc1cccc2c1CN(Cc1cccc(CO)c1)C2=O)c1cc(Cl)ccc1S. The van der Waals surface area contributed by atoms with E-state index in [1.54, 1.807) is 41.3 Å². The molecule has 2 N–H and O–H groups in total. The Bertz CT molecular complexity index is 1150. The molecule has 3 aromatic carbocycles. The van der Waals surface area contributed by atoms with Gasteiger partial charge in [-0.3, -0.25) is 9.59 Å². The number of anilines is 1. The maximum Gasteiger partial charge on any atom is 0.256 e. The molecule has 0 spiro atoms. The van der Waals surface area contributed by atoms with E-state index in [1.807, 2.05) is 24.3 Å². The molecule has 3 aromatic rings. The summed E-state index contributed by atoms with van der Waals surface area (Å²) >= 11 is 10.3. The minimum atomic E-state index is -0.336. The number of hydrogen-bond donors (Lipinski definition) is 3. The predicted molar refractivity (Wildman–Crippen MR) is 119 cm³/mol. The Morgan fingerprint density at radius 2 is 1.87 bits per heavy atom. The zero-order valence-corrected chi connectivity index (χ0v) is 17.6. The fourth-order valence-electron chi connectivity index (χ4n) is 3.56. The van der Waals surface area contributed by atoms with Crippen molar-refractivity contribution in [2.45, 2.75) is 24.6 Å². The van der Waals surface area contributed by atoms with Crippen molar-refractivity contribution in [3.63, 3.8) is 0 Å². The Morgan fingerprint density at radius 1 is 1.10 bits per heavy atom. The normalized spacial score (nSPS) is 12.8. The first-order chi connectivity index (χ1) is 14.5. The first-order valence-corrected chi connectivity index (χ1v) is 10.2. The molecule has 1 heterocycles. The van der Waals surface area contributed by atoms with Gasteiger partial charge in [-0.15, -0.1) is 12.6 Å². The van der Waals surface area contributed by atoms with Gasteiger partial charge in [-0.05, 0) is 41.5 Å². The molecule has 0 fully saturated rings. The highest BCUT2D eigenvalue weighted by atomic mass is 35.5. The third kappa shape index (κ3) is 4.07. The maximum absolute atomic E-state index is 12.9. The third-order valence-corrected chi connectivity index (χ3v) is 5.67. The molecule has 0 aliphatic carbocycles. The van der Waals surface area contributed by atoms with Crippen molar-refractivity contribution in [3.8, 4) is 0 Å². The number of nitrogens with one attached hydrogen (secondary N) is 1. The van der Waals surface area contributed by atoms with Crippen LogP contribution in [0, 0.1) is 0 Å². The standard InChI is InChI=1S/C23H19ClN2O3S/c24-16-7-8-21(30)18(10-16)22(28)25-20-6-2-5-17-19(20)12-26(23(17)29)11-14-3-1-4-15(9-14)13-27/h1-10,27,30H,11-13H2,(H,25,28). The predicted octanol–water partition coefficient (Wildman–Crippen LogP) is 4.53. The first kappa shape index (κ1) is 20.5. The van der Waals surface area contributed by atoms with Crippen LogP contribution in [0.5, 0.6) is 0 Å². The van der Waals surface area contributed by atoms with Gasteiger partial charge < -0.3 is 15.3 Å². The Labute approximate surface area is 184 Å². The number of hydrogen-bond acceptors (Lipinski definition) is 4. The topological polar surface area (TPSA) is 69.6 Å². The first-order valence-electron chi connectivity index (χ1n) is 9.36. The second-order valence-corrected chi connectivity index (χ2v) is 8.00. The summed E-state index contributed by atoms with van der Waals surface area (Å²) in [5.74, 6) is -0.425. The number of thiol groups is 1. The number of aliphatic hydroxyl groups excluding tert-OH is 1. The minimum Gasteiger partial charge on any atom is -0.392 e.